The fraction of sp³-hybridized carbons (Fsp3) is 0.130. The number of hydrogen-bond acceptors (Lipinski definition) is 3. The first-order valence-electron chi connectivity index (χ1n) is 9.44. The van der Waals surface area contributed by atoms with E-state index in [0.29, 0.717) is 0 Å². The Labute approximate surface area is 163 Å². The molecule has 0 atom stereocenters. The topological polar surface area (TPSA) is 23.4 Å². The monoisotopic (exact) mass is 372 g/mol. The third-order valence-electron chi connectivity index (χ3n) is 5.36. The first-order chi connectivity index (χ1) is 13.7. The van der Waals surface area contributed by atoms with Gasteiger partial charge in [-0.25, -0.2) is 4.39 Å². The summed E-state index contributed by atoms with van der Waals surface area (Å²) in [5.41, 5.74) is 8.65. The molecule has 1 aromatic heterocycles. The molecule has 3 aromatic carbocycles. The Bertz CT molecular complexity index is 1210. The fourth-order valence-corrected chi connectivity index (χ4v) is 4.10. The molecule has 0 bridgehead atoms. The maximum atomic E-state index is 14.0. The van der Waals surface area contributed by atoms with Gasteiger partial charge in [0.15, 0.2) is 0 Å². The molecule has 28 heavy (non-hydrogen) atoms. The summed E-state index contributed by atoms with van der Waals surface area (Å²) in [6.07, 6.45) is 1.99. The van der Waals surface area contributed by atoms with Gasteiger partial charge < -0.3 is 9.99 Å². The van der Waals surface area contributed by atoms with Crippen LogP contribution in [-0.2, 0) is 6.54 Å². The van der Waals surface area contributed by atoms with Crippen LogP contribution in [0.15, 0.2) is 72.9 Å². The van der Waals surface area contributed by atoms with Gasteiger partial charge in [-0.05, 0) is 43.3 Å². The summed E-state index contributed by atoms with van der Waals surface area (Å²) >= 11 is 0. The summed E-state index contributed by atoms with van der Waals surface area (Å²) in [6.45, 7) is 2.95. The molecule has 0 amide bonds. The summed E-state index contributed by atoms with van der Waals surface area (Å²) in [7, 11) is 1.98. The molecule has 2 heterocycles. The maximum Gasteiger partial charge on any atom is 0.123 e. The van der Waals surface area contributed by atoms with Gasteiger partial charge in [-0.2, -0.15) is 0 Å². The molecule has 0 saturated carbocycles. The minimum atomic E-state index is -0.210. The lowest BCUT2D eigenvalue weighted by Crippen LogP contribution is -2.39. The number of fused-ring (bicyclic) bond motifs is 3. The van der Waals surface area contributed by atoms with Gasteiger partial charge in [0.05, 0.1) is 11.4 Å². The number of hydrazine groups is 2. The second-order valence-electron chi connectivity index (χ2n) is 6.97. The van der Waals surface area contributed by atoms with Crippen LogP contribution in [0.3, 0.4) is 0 Å². The Morgan fingerprint density at radius 3 is 2.36 bits per heavy atom. The summed E-state index contributed by atoms with van der Waals surface area (Å²) < 4.78 is 16.2. The molecule has 4 nitrogen and oxygen atoms in total. The van der Waals surface area contributed by atoms with Gasteiger partial charge in [0.25, 0.3) is 0 Å². The van der Waals surface area contributed by atoms with Gasteiger partial charge >= 0.3 is 0 Å². The fourth-order valence-electron chi connectivity index (χ4n) is 4.10. The number of hydrogen-bond donors (Lipinski definition) is 1. The highest BCUT2D eigenvalue weighted by Crippen LogP contribution is 2.36. The van der Waals surface area contributed by atoms with E-state index in [4.69, 9.17) is 0 Å². The Morgan fingerprint density at radius 2 is 1.61 bits per heavy atom. The van der Waals surface area contributed by atoms with Crippen LogP contribution < -0.4 is 10.4 Å². The first-order valence-corrected chi connectivity index (χ1v) is 9.44. The van der Waals surface area contributed by atoms with E-state index in [1.165, 1.54) is 6.07 Å². The Morgan fingerprint density at radius 1 is 0.893 bits per heavy atom. The van der Waals surface area contributed by atoms with Crippen LogP contribution >= 0.6 is 0 Å². The van der Waals surface area contributed by atoms with Crippen molar-refractivity contribution in [3.05, 3.63) is 84.3 Å². The number of halogens is 1. The van der Waals surface area contributed by atoms with Gasteiger partial charge in [0.2, 0.25) is 0 Å². The van der Waals surface area contributed by atoms with Crippen LogP contribution in [0.2, 0.25) is 0 Å². The average molecular weight is 372 g/mol. The van der Waals surface area contributed by atoms with Gasteiger partial charge in [0.1, 0.15) is 5.82 Å². The molecule has 0 saturated heterocycles. The first kappa shape index (κ1) is 16.8. The number of rotatable bonds is 3. The van der Waals surface area contributed by atoms with E-state index in [1.54, 1.807) is 6.07 Å². The van der Waals surface area contributed by atoms with Crippen molar-refractivity contribution in [2.45, 2.75) is 13.5 Å². The van der Waals surface area contributed by atoms with Crippen molar-refractivity contribution in [3.63, 3.8) is 0 Å². The van der Waals surface area contributed by atoms with Crippen molar-refractivity contribution >= 4 is 33.2 Å². The van der Waals surface area contributed by atoms with E-state index in [9.17, 15) is 4.39 Å². The number of nitrogens with zero attached hydrogens (tertiary/aromatic N) is 3. The van der Waals surface area contributed by atoms with Gasteiger partial charge in [-0.1, -0.05) is 30.3 Å². The van der Waals surface area contributed by atoms with Crippen molar-refractivity contribution in [1.29, 1.82) is 0 Å². The third-order valence-corrected chi connectivity index (χ3v) is 5.36. The standard InChI is InChI=1S/C23H21FN4/c1-3-27-21-11-9-17(24)13-19(21)20-14-18(10-12-22(20)27)28-23(15-25-26(28)2)16-7-5-4-6-8-16/h4-15,25H,3H2,1-2H3. The van der Waals surface area contributed by atoms with Crippen LogP contribution in [-0.4, -0.2) is 16.7 Å². The van der Waals surface area contributed by atoms with E-state index in [1.807, 2.05) is 42.6 Å². The predicted molar refractivity (Wildman–Crippen MR) is 113 cm³/mol. The number of benzene rings is 3. The van der Waals surface area contributed by atoms with E-state index in [2.05, 4.69) is 52.3 Å². The zero-order chi connectivity index (χ0) is 19.3. The predicted octanol–water partition coefficient (Wildman–Crippen LogP) is 5.12. The van der Waals surface area contributed by atoms with Crippen LogP contribution in [0, 0.1) is 5.82 Å². The van der Waals surface area contributed by atoms with Crippen molar-refractivity contribution in [1.82, 2.24) is 15.1 Å². The highest BCUT2D eigenvalue weighted by Gasteiger charge is 2.24. The number of aromatic nitrogens is 1. The van der Waals surface area contributed by atoms with Crippen molar-refractivity contribution < 1.29 is 4.39 Å². The quantitative estimate of drug-likeness (QED) is 0.540. The minimum absolute atomic E-state index is 0.210. The number of aryl methyl sites for hydroxylation is 1. The van der Waals surface area contributed by atoms with Gasteiger partial charge in [-0.15, -0.1) is 5.12 Å². The molecule has 1 aliphatic heterocycles. The van der Waals surface area contributed by atoms with Crippen molar-refractivity contribution in [3.8, 4) is 0 Å². The lowest BCUT2D eigenvalue weighted by atomic mass is 10.1. The van der Waals surface area contributed by atoms with Crippen LogP contribution in [0.25, 0.3) is 27.5 Å². The Kier molecular flexibility index (Phi) is 3.84. The summed E-state index contributed by atoms with van der Waals surface area (Å²) in [4.78, 5) is 0. The molecule has 140 valence electrons. The number of nitrogens with one attached hydrogen (secondary N) is 1. The molecule has 5 heteroatoms. The molecular formula is C23H21FN4. The zero-order valence-corrected chi connectivity index (χ0v) is 15.9. The summed E-state index contributed by atoms with van der Waals surface area (Å²) in [5, 5.41) is 6.08. The molecule has 0 fully saturated rings. The van der Waals surface area contributed by atoms with E-state index in [-0.39, 0.29) is 5.82 Å². The second-order valence-corrected chi connectivity index (χ2v) is 6.97. The van der Waals surface area contributed by atoms with E-state index in [0.717, 1.165) is 45.3 Å². The van der Waals surface area contributed by atoms with Crippen LogP contribution in [0.5, 0.6) is 0 Å². The Hall–Kier alpha value is -3.31. The molecule has 4 aromatic rings. The highest BCUT2D eigenvalue weighted by atomic mass is 19.1. The molecule has 1 aliphatic rings. The lowest BCUT2D eigenvalue weighted by Gasteiger charge is -2.28. The third kappa shape index (κ3) is 2.47. The average Bonchev–Trinajstić information content (AvgIpc) is 3.25. The molecule has 5 rings (SSSR count). The van der Waals surface area contributed by atoms with E-state index >= 15 is 0 Å². The minimum Gasteiger partial charge on any atom is -0.341 e. The molecule has 1 N–H and O–H groups in total. The molecule has 0 spiro atoms. The van der Waals surface area contributed by atoms with Gasteiger partial charge in [-0.3, -0.25) is 5.01 Å². The maximum absolute atomic E-state index is 14.0. The molecular weight excluding hydrogens is 351 g/mol. The van der Waals surface area contributed by atoms with Gasteiger partial charge in [0, 0.05) is 47.2 Å². The van der Waals surface area contributed by atoms with Crippen molar-refractivity contribution in [2.24, 2.45) is 0 Å². The highest BCUT2D eigenvalue weighted by molar-refractivity contribution is 6.09. The SMILES string of the molecule is CCn1c2ccc(F)cc2c2cc(N3C(c4ccccc4)=CNN3C)ccc21. The lowest BCUT2D eigenvalue weighted by molar-refractivity contribution is 0.305. The normalized spacial score (nSPS) is 14.7. The van der Waals surface area contributed by atoms with Crippen LogP contribution in [0.4, 0.5) is 10.1 Å². The zero-order valence-electron chi connectivity index (χ0n) is 15.9. The van der Waals surface area contributed by atoms with Crippen LogP contribution in [0.1, 0.15) is 12.5 Å². The van der Waals surface area contributed by atoms with Crippen molar-refractivity contribution in [2.75, 3.05) is 12.1 Å². The number of anilines is 1. The second kappa shape index (κ2) is 6.39. The molecule has 0 radical (unpaired) electrons. The smallest absolute Gasteiger partial charge is 0.123 e. The Balaban J connectivity index is 1.70. The van der Waals surface area contributed by atoms with E-state index < -0.39 is 0 Å². The molecule has 0 aliphatic carbocycles. The largest absolute Gasteiger partial charge is 0.341 e. The summed E-state index contributed by atoms with van der Waals surface area (Å²) in [5.74, 6) is -0.210. The molecule has 0 unspecified atom stereocenters. The summed E-state index contributed by atoms with van der Waals surface area (Å²) in [6, 6.07) is 21.7.